The zero-order chi connectivity index (χ0) is 14.4. The molecule has 0 unspecified atom stereocenters. The quantitative estimate of drug-likeness (QED) is 0.937. The Labute approximate surface area is 133 Å². The first-order chi connectivity index (χ1) is 10.1. The first-order valence-corrected chi connectivity index (χ1v) is 8.54. The van der Waals surface area contributed by atoms with Crippen molar-refractivity contribution >= 4 is 22.9 Å². The highest BCUT2D eigenvalue weighted by atomic mass is 35.5. The van der Waals surface area contributed by atoms with E-state index in [1.54, 1.807) is 11.3 Å². The Hall–Kier alpha value is -0.940. The van der Waals surface area contributed by atoms with Crippen LogP contribution in [0, 0.1) is 5.92 Å². The van der Waals surface area contributed by atoms with Crippen molar-refractivity contribution in [2.75, 3.05) is 13.1 Å². The van der Waals surface area contributed by atoms with Crippen LogP contribution in [-0.2, 0) is 6.54 Å². The van der Waals surface area contributed by atoms with Gasteiger partial charge in [-0.25, -0.2) is 4.98 Å². The van der Waals surface area contributed by atoms with Crippen molar-refractivity contribution in [2.24, 2.45) is 5.92 Å². The highest BCUT2D eigenvalue weighted by Gasteiger charge is 2.51. The minimum Gasteiger partial charge on any atom is -0.387 e. The Morgan fingerprint density at radius 1 is 1.33 bits per heavy atom. The van der Waals surface area contributed by atoms with Crippen LogP contribution in [0.25, 0.3) is 10.6 Å². The van der Waals surface area contributed by atoms with Crippen LogP contribution >= 0.6 is 22.9 Å². The lowest BCUT2D eigenvalue weighted by atomic mass is 9.89. The monoisotopic (exact) mass is 320 g/mol. The SMILES string of the molecule is OC1(C2CC2)CN(Cc2csc(-c3ccccc3Cl)n2)C1. The second-order valence-corrected chi connectivity index (χ2v) is 7.41. The molecule has 21 heavy (non-hydrogen) atoms. The molecule has 1 aliphatic heterocycles. The van der Waals surface area contributed by atoms with Crippen molar-refractivity contribution in [3.8, 4) is 10.6 Å². The molecule has 2 fully saturated rings. The number of hydrogen-bond donors (Lipinski definition) is 1. The van der Waals surface area contributed by atoms with Crippen LogP contribution in [0.3, 0.4) is 0 Å². The molecule has 1 aromatic heterocycles. The fourth-order valence-electron chi connectivity index (χ4n) is 3.09. The van der Waals surface area contributed by atoms with E-state index in [0.29, 0.717) is 5.92 Å². The third-order valence-corrected chi connectivity index (χ3v) is 5.63. The fourth-order valence-corrected chi connectivity index (χ4v) is 4.22. The average Bonchev–Trinajstić information content (AvgIpc) is 3.19. The van der Waals surface area contributed by atoms with Gasteiger partial charge in [0.05, 0.1) is 16.3 Å². The van der Waals surface area contributed by atoms with Gasteiger partial charge < -0.3 is 5.11 Å². The second kappa shape index (κ2) is 5.06. The van der Waals surface area contributed by atoms with Gasteiger partial charge in [0.15, 0.2) is 0 Å². The van der Waals surface area contributed by atoms with Crippen molar-refractivity contribution in [1.82, 2.24) is 9.88 Å². The Bertz CT molecular complexity index is 662. The van der Waals surface area contributed by atoms with E-state index >= 15 is 0 Å². The summed E-state index contributed by atoms with van der Waals surface area (Å²) in [7, 11) is 0. The Balaban J connectivity index is 1.43. The molecule has 1 aromatic carbocycles. The van der Waals surface area contributed by atoms with Crippen LogP contribution in [0.1, 0.15) is 18.5 Å². The maximum absolute atomic E-state index is 10.3. The van der Waals surface area contributed by atoms with E-state index in [0.717, 1.165) is 40.9 Å². The minimum atomic E-state index is -0.415. The van der Waals surface area contributed by atoms with Crippen LogP contribution in [-0.4, -0.2) is 33.7 Å². The summed E-state index contributed by atoms with van der Waals surface area (Å²) in [5.41, 5.74) is 1.64. The molecule has 1 N–H and O–H groups in total. The van der Waals surface area contributed by atoms with Gasteiger partial charge in [0.1, 0.15) is 5.01 Å². The smallest absolute Gasteiger partial charge is 0.125 e. The zero-order valence-corrected chi connectivity index (χ0v) is 13.2. The summed E-state index contributed by atoms with van der Waals surface area (Å²) in [6, 6.07) is 7.80. The Morgan fingerprint density at radius 3 is 2.81 bits per heavy atom. The summed E-state index contributed by atoms with van der Waals surface area (Å²) in [5.74, 6) is 0.544. The van der Waals surface area contributed by atoms with Crippen LogP contribution in [0.2, 0.25) is 5.02 Å². The summed E-state index contributed by atoms with van der Waals surface area (Å²) < 4.78 is 0. The first kappa shape index (κ1) is 13.7. The van der Waals surface area contributed by atoms with Gasteiger partial charge in [0.2, 0.25) is 0 Å². The summed E-state index contributed by atoms with van der Waals surface area (Å²) in [5, 5.41) is 14.1. The van der Waals surface area contributed by atoms with Crippen molar-refractivity contribution in [3.05, 3.63) is 40.4 Å². The van der Waals surface area contributed by atoms with Crippen LogP contribution in [0.15, 0.2) is 29.6 Å². The van der Waals surface area contributed by atoms with E-state index in [2.05, 4.69) is 15.3 Å². The molecule has 0 atom stereocenters. The molecule has 5 heteroatoms. The van der Waals surface area contributed by atoms with E-state index < -0.39 is 5.60 Å². The molecule has 110 valence electrons. The number of likely N-dealkylation sites (tertiary alicyclic amines) is 1. The maximum atomic E-state index is 10.3. The van der Waals surface area contributed by atoms with E-state index in [4.69, 9.17) is 11.6 Å². The molecule has 0 spiro atoms. The average molecular weight is 321 g/mol. The molecule has 0 bridgehead atoms. The second-order valence-electron chi connectivity index (χ2n) is 6.15. The molecule has 2 heterocycles. The predicted octanol–water partition coefficient (Wildman–Crippen LogP) is 3.42. The molecule has 2 aromatic rings. The number of aromatic nitrogens is 1. The molecule has 1 saturated carbocycles. The molecule has 2 aliphatic rings. The van der Waals surface area contributed by atoms with E-state index in [1.807, 2.05) is 24.3 Å². The topological polar surface area (TPSA) is 36.4 Å². The van der Waals surface area contributed by atoms with Crippen LogP contribution in [0.4, 0.5) is 0 Å². The fraction of sp³-hybridized carbons (Fsp3) is 0.438. The first-order valence-electron chi connectivity index (χ1n) is 7.28. The van der Waals surface area contributed by atoms with Gasteiger partial charge in [0, 0.05) is 30.6 Å². The van der Waals surface area contributed by atoms with Crippen molar-refractivity contribution < 1.29 is 5.11 Å². The van der Waals surface area contributed by atoms with Gasteiger partial charge in [-0.05, 0) is 24.8 Å². The number of benzene rings is 1. The third kappa shape index (κ3) is 2.61. The van der Waals surface area contributed by atoms with E-state index in [9.17, 15) is 5.11 Å². The number of hydrogen-bond acceptors (Lipinski definition) is 4. The normalized spacial score (nSPS) is 21.2. The number of halogens is 1. The molecule has 1 aliphatic carbocycles. The highest BCUT2D eigenvalue weighted by Crippen LogP contribution is 2.44. The van der Waals surface area contributed by atoms with Crippen molar-refractivity contribution in [3.63, 3.8) is 0 Å². The molecular formula is C16H17ClN2OS. The molecule has 0 radical (unpaired) electrons. The minimum absolute atomic E-state index is 0.415. The van der Waals surface area contributed by atoms with Gasteiger partial charge in [-0.1, -0.05) is 29.8 Å². The third-order valence-electron chi connectivity index (χ3n) is 4.37. The van der Waals surface area contributed by atoms with Gasteiger partial charge in [-0.15, -0.1) is 11.3 Å². The van der Waals surface area contributed by atoms with Crippen LogP contribution < -0.4 is 0 Å². The summed E-state index contributed by atoms with van der Waals surface area (Å²) in [6.45, 7) is 2.39. The van der Waals surface area contributed by atoms with E-state index in [1.165, 1.54) is 12.8 Å². The van der Waals surface area contributed by atoms with Crippen molar-refractivity contribution in [1.29, 1.82) is 0 Å². The lowest BCUT2D eigenvalue weighted by molar-refractivity contribution is -0.116. The molecule has 3 nitrogen and oxygen atoms in total. The summed E-state index contributed by atoms with van der Waals surface area (Å²) >= 11 is 7.84. The standard InChI is InChI=1S/C16H17ClN2OS/c17-14-4-2-1-3-13(14)15-18-12(8-21-15)7-19-9-16(20,10-19)11-5-6-11/h1-4,8,11,20H,5-7,9-10H2. The van der Waals surface area contributed by atoms with Gasteiger partial charge in [-0.2, -0.15) is 0 Å². The van der Waals surface area contributed by atoms with Crippen LogP contribution in [0.5, 0.6) is 0 Å². The van der Waals surface area contributed by atoms with Gasteiger partial charge >= 0.3 is 0 Å². The zero-order valence-electron chi connectivity index (χ0n) is 11.6. The van der Waals surface area contributed by atoms with Gasteiger partial charge in [0.25, 0.3) is 0 Å². The summed E-state index contributed by atoms with van der Waals surface area (Å²) in [4.78, 5) is 6.95. The lowest BCUT2D eigenvalue weighted by Crippen LogP contribution is -2.62. The van der Waals surface area contributed by atoms with Crippen molar-refractivity contribution in [2.45, 2.75) is 25.0 Å². The highest BCUT2D eigenvalue weighted by molar-refractivity contribution is 7.13. The molecule has 0 amide bonds. The Morgan fingerprint density at radius 2 is 2.10 bits per heavy atom. The lowest BCUT2D eigenvalue weighted by Gasteiger charge is -2.46. The number of β-amino-alcohol motifs (C(OH)–C–C–N with tert-alkyl or cyclic N) is 1. The summed E-state index contributed by atoms with van der Waals surface area (Å²) in [6.07, 6.45) is 2.38. The molecular weight excluding hydrogens is 304 g/mol. The maximum Gasteiger partial charge on any atom is 0.125 e. The largest absolute Gasteiger partial charge is 0.387 e. The molecule has 4 rings (SSSR count). The molecule has 1 saturated heterocycles. The van der Waals surface area contributed by atoms with E-state index in [-0.39, 0.29) is 0 Å². The van der Waals surface area contributed by atoms with Gasteiger partial charge in [-0.3, -0.25) is 4.90 Å². The number of rotatable bonds is 4. The number of aliphatic hydroxyl groups is 1. The Kier molecular flexibility index (Phi) is 3.30. The number of nitrogens with zero attached hydrogens (tertiary/aromatic N) is 2. The predicted molar refractivity (Wildman–Crippen MR) is 85.5 cm³/mol. The number of thiazole rings is 1.